The van der Waals surface area contributed by atoms with Crippen LogP contribution >= 0.6 is 0 Å². The van der Waals surface area contributed by atoms with Crippen LogP contribution in [-0.2, 0) is 14.4 Å². The fourth-order valence-electron chi connectivity index (χ4n) is 1.14. The number of rotatable bonds is 2. The van der Waals surface area contributed by atoms with Crippen molar-refractivity contribution in [1.82, 2.24) is 5.06 Å². The van der Waals surface area contributed by atoms with Crippen molar-refractivity contribution in [2.45, 2.75) is 12.8 Å². The Kier molecular flexibility index (Phi) is 1.50. The Balaban J connectivity index is 2.41. The maximum atomic E-state index is 11.9. The number of benzene rings is 1. The smallest absolute Gasteiger partial charge is 0.325 e. The summed E-state index contributed by atoms with van der Waals surface area (Å²) in [4.78, 5) is 39.2. The zero-order valence-corrected chi connectivity index (χ0v) is 7.99. The number of hydrogen-bond donors (Lipinski definition) is 0. The molecule has 1 aliphatic rings. The molecule has 82 valence electrons. The molecule has 2 amide bonds. The van der Waals surface area contributed by atoms with E-state index >= 15 is 0 Å². The maximum absolute atomic E-state index is 11.9. The summed E-state index contributed by atoms with van der Waals surface area (Å²) in [6.07, 6.45) is -0.209. The van der Waals surface area contributed by atoms with Crippen LogP contribution in [0.3, 0.4) is 0 Å². The zero-order chi connectivity index (χ0) is 15.9. The lowest BCUT2D eigenvalue weighted by atomic mass is 10.2. The van der Waals surface area contributed by atoms with Crippen LogP contribution in [0, 0.1) is 0 Å². The number of nitrogens with zero attached hydrogens (tertiary/aromatic N) is 1. The van der Waals surface area contributed by atoms with Crippen molar-refractivity contribution in [3.63, 3.8) is 0 Å². The highest BCUT2D eigenvalue weighted by atomic mass is 16.7. The van der Waals surface area contributed by atoms with E-state index < -0.39 is 53.6 Å². The van der Waals surface area contributed by atoms with E-state index in [4.69, 9.17) is 6.85 Å². The minimum atomic E-state index is -1.35. The Hall–Kier alpha value is -2.17. The van der Waals surface area contributed by atoms with Crippen LogP contribution in [0.5, 0.6) is 0 Å². The van der Waals surface area contributed by atoms with Crippen molar-refractivity contribution < 1.29 is 26.1 Å². The van der Waals surface area contributed by atoms with Crippen LogP contribution in [0.1, 0.15) is 30.1 Å². The van der Waals surface area contributed by atoms with Crippen molar-refractivity contribution in [3.05, 3.63) is 35.8 Å². The predicted molar refractivity (Wildman–Crippen MR) is 52.9 cm³/mol. The summed E-state index contributed by atoms with van der Waals surface area (Å²) in [5, 5.41) is 0.253. The number of hydrogen-bond acceptors (Lipinski definition) is 4. The van der Waals surface area contributed by atoms with Crippen LogP contribution < -0.4 is 0 Å². The van der Waals surface area contributed by atoms with Gasteiger partial charge < -0.3 is 4.84 Å². The van der Waals surface area contributed by atoms with Gasteiger partial charge in [-0.3, -0.25) is 9.59 Å². The average molecular weight is 224 g/mol. The normalized spacial score (nSPS) is 19.8. The molecule has 1 aromatic carbocycles. The molecule has 0 N–H and O–H groups in total. The van der Waals surface area contributed by atoms with E-state index in [0.717, 1.165) is 0 Å². The van der Waals surface area contributed by atoms with E-state index in [-0.39, 0.29) is 17.9 Å². The molecule has 0 unspecified atom stereocenters. The first-order chi connectivity index (χ1) is 9.75. The van der Waals surface area contributed by atoms with Crippen molar-refractivity contribution in [2.75, 3.05) is 0 Å². The lowest BCUT2D eigenvalue weighted by molar-refractivity contribution is -0.172. The molecule has 5 nitrogen and oxygen atoms in total. The molecule has 1 saturated heterocycles. The van der Waals surface area contributed by atoms with Gasteiger partial charge in [0.05, 0.1) is 12.4 Å². The second kappa shape index (κ2) is 4.14. The Labute approximate surface area is 98.6 Å². The van der Waals surface area contributed by atoms with Crippen LogP contribution in [0.2, 0.25) is 0 Å². The fraction of sp³-hybridized carbons (Fsp3) is 0.182. The first kappa shape index (κ1) is 5.79. The molecule has 0 bridgehead atoms. The monoisotopic (exact) mass is 224 g/mol. The number of carbonyl (C=O) groups excluding carboxylic acids is 3. The van der Waals surface area contributed by atoms with Crippen LogP contribution in [0.15, 0.2) is 30.2 Å². The molecular weight excluding hydrogens is 210 g/mol. The summed E-state index contributed by atoms with van der Waals surface area (Å²) in [5.41, 5.74) is -0.728. The third-order valence-corrected chi connectivity index (χ3v) is 1.88. The summed E-state index contributed by atoms with van der Waals surface area (Å²) in [6, 6.07) is -3.59. The van der Waals surface area contributed by atoms with E-state index in [0.29, 0.717) is 0 Å². The maximum Gasteiger partial charge on any atom is 0.363 e. The third kappa shape index (κ3) is 1.93. The summed E-state index contributed by atoms with van der Waals surface area (Å²) in [6.45, 7) is 0. The second-order valence-electron chi connectivity index (χ2n) is 2.96. The molecule has 0 radical (unpaired) electrons. The van der Waals surface area contributed by atoms with Gasteiger partial charge in [-0.1, -0.05) is 18.1 Å². The largest absolute Gasteiger partial charge is 0.363 e. The van der Waals surface area contributed by atoms with Crippen molar-refractivity contribution in [2.24, 2.45) is 0 Å². The molecule has 1 aromatic rings. The highest BCUT2D eigenvalue weighted by Gasteiger charge is 2.32. The molecule has 0 spiro atoms. The molecule has 2 rings (SSSR count). The molecule has 1 heterocycles. The van der Waals surface area contributed by atoms with Crippen molar-refractivity contribution in [3.8, 4) is 0 Å². The minimum Gasteiger partial charge on any atom is -0.325 e. The molecule has 5 heteroatoms. The SMILES string of the molecule is [2H]c1c([2H])c([2H])c(C(=O)ON2C(=O)CCC2=O)c([2H])c1[2H]. The van der Waals surface area contributed by atoms with Crippen molar-refractivity contribution in [1.29, 1.82) is 0 Å². The summed E-state index contributed by atoms with van der Waals surface area (Å²) < 4.78 is 37.4. The first-order valence-corrected chi connectivity index (χ1v) is 4.40. The minimum absolute atomic E-state index is 0.105. The van der Waals surface area contributed by atoms with E-state index in [2.05, 4.69) is 4.84 Å². The number of imide groups is 1. The Morgan fingerprint density at radius 3 is 2.31 bits per heavy atom. The van der Waals surface area contributed by atoms with Crippen molar-refractivity contribution >= 4 is 17.8 Å². The average Bonchev–Trinajstić information content (AvgIpc) is 2.75. The number of carbonyl (C=O) groups is 3. The second-order valence-corrected chi connectivity index (χ2v) is 2.96. The Morgan fingerprint density at radius 1 is 1.19 bits per heavy atom. The number of hydroxylamine groups is 2. The van der Waals surface area contributed by atoms with Crippen LogP contribution in [-0.4, -0.2) is 22.8 Å². The predicted octanol–water partition coefficient (Wildman–Crippen LogP) is 0.907. The van der Waals surface area contributed by atoms with Gasteiger partial charge in [0.15, 0.2) is 0 Å². The quantitative estimate of drug-likeness (QED) is 0.700. The number of amides is 2. The summed E-state index contributed by atoms with van der Waals surface area (Å²) in [5.74, 6) is -2.79. The van der Waals surface area contributed by atoms with Gasteiger partial charge in [0.1, 0.15) is 0 Å². The van der Waals surface area contributed by atoms with Crippen LogP contribution in [0.25, 0.3) is 0 Å². The molecule has 0 aliphatic carbocycles. The van der Waals surface area contributed by atoms with Crippen LogP contribution in [0.4, 0.5) is 0 Å². The summed E-state index contributed by atoms with van der Waals surface area (Å²) in [7, 11) is 0. The lowest BCUT2D eigenvalue weighted by Gasteiger charge is -2.12. The molecule has 1 aliphatic heterocycles. The third-order valence-electron chi connectivity index (χ3n) is 1.88. The molecule has 0 aromatic heterocycles. The van der Waals surface area contributed by atoms with E-state index in [1.165, 1.54) is 0 Å². The van der Waals surface area contributed by atoms with Gasteiger partial charge in [-0.05, 0) is 12.1 Å². The van der Waals surface area contributed by atoms with E-state index in [9.17, 15) is 14.4 Å². The highest BCUT2D eigenvalue weighted by molar-refractivity contribution is 6.02. The molecule has 1 fully saturated rings. The Bertz CT molecular complexity index is 630. The molecule has 0 atom stereocenters. The zero-order valence-electron chi connectivity index (χ0n) is 13.0. The van der Waals surface area contributed by atoms with Gasteiger partial charge in [0.25, 0.3) is 11.8 Å². The first-order valence-electron chi connectivity index (χ1n) is 6.90. The van der Waals surface area contributed by atoms with Gasteiger partial charge in [0.2, 0.25) is 0 Å². The van der Waals surface area contributed by atoms with Gasteiger partial charge in [-0.2, -0.15) is 0 Å². The van der Waals surface area contributed by atoms with Gasteiger partial charge >= 0.3 is 5.97 Å². The molecule has 16 heavy (non-hydrogen) atoms. The fourth-order valence-corrected chi connectivity index (χ4v) is 1.14. The molecular formula is C11H9NO4. The van der Waals surface area contributed by atoms with E-state index in [1.807, 2.05) is 0 Å². The topological polar surface area (TPSA) is 63.7 Å². The van der Waals surface area contributed by atoms with Gasteiger partial charge in [-0.15, -0.1) is 5.06 Å². The molecule has 0 saturated carbocycles. The van der Waals surface area contributed by atoms with Gasteiger partial charge in [-0.25, -0.2) is 4.79 Å². The highest BCUT2D eigenvalue weighted by Crippen LogP contribution is 2.13. The lowest BCUT2D eigenvalue weighted by Crippen LogP contribution is -2.32. The summed E-state index contributed by atoms with van der Waals surface area (Å²) >= 11 is 0. The van der Waals surface area contributed by atoms with E-state index in [1.54, 1.807) is 0 Å². The van der Waals surface area contributed by atoms with Gasteiger partial charge in [0, 0.05) is 12.8 Å². The Morgan fingerprint density at radius 2 is 1.75 bits per heavy atom. The standard InChI is InChI=1S/C11H9NO4/c13-9-6-7-10(14)12(9)16-11(15)8-4-2-1-3-5-8/h1-5H,6-7H2/i1D,2D,3D,4D,5D.